The van der Waals surface area contributed by atoms with Crippen LogP contribution in [-0.2, 0) is 0 Å². The second-order valence-corrected chi connectivity index (χ2v) is 7.50. The first-order chi connectivity index (χ1) is 9.29. The molecule has 4 aliphatic rings. The maximum Gasteiger partial charge on any atom is 0.0210 e. The fourth-order valence-corrected chi connectivity index (χ4v) is 4.25. The van der Waals surface area contributed by atoms with Crippen molar-refractivity contribution in [2.45, 2.75) is 69.6 Å². The van der Waals surface area contributed by atoms with Crippen molar-refractivity contribution >= 4 is 12.4 Å². The van der Waals surface area contributed by atoms with E-state index in [4.69, 9.17) is 0 Å². The van der Waals surface area contributed by atoms with Crippen molar-refractivity contribution < 1.29 is 0 Å². The minimum Gasteiger partial charge on any atom is -0.312 e. The van der Waals surface area contributed by atoms with Crippen LogP contribution in [0.25, 0.3) is 0 Å². The van der Waals surface area contributed by atoms with Crippen molar-refractivity contribution in [3.8, 4) is 0 Å². The Hall–Kier alpha value is 0.170. The summed E-state index contributed by atoms with van der Waals surface area (Å²) in [4.78, 5) is 5.49. The van der Waals surface area contributed by atoms with Gasteiger partial charge in [0, 0.05) is 37.3 Å². The predicted molar refractivity (Wildman–Crippen MR) is 85.5 cm³/mol. The van der Waals surface area contributed by atoms with E-state index in [0.717, 1.165) is 30.1 Å². The van der Waals surface area contributed by atoms with Crippen LogP contribution in [0.4, 0.5) is 0 Å². The molecule has 0 aromatic carbocycles. The lowest BCUT2D eigenvalue weighted by Crippen LogP contribution is -2.37. The van der Waals surface area contributed by atoms with Gasteiger partial charge in [-0.1, -0.05) is 0 Å². The molecule has 4 fully saturated rings. The van der Waals surface area contributed by atoms with Crippen LogP contribution in [0.15, 0.2) is 0 Å². The Kier molecular flexibility index (Phi) is 4.61. The molecule has 4 heteroatoms. The van der Waals surface area contributed by atoms with Crippen LogP contribution in [0.2, 0.25) is 0 Å². The number of halogens is 1. The highest BCUT2D eigenvalue weighted by Gasteiger charge is 2.39. The van der Waals surface area contributed by atoms with Gasteiger partial charge in [0.1, 0.15) is 0 Å². The molecule has 2 saturated heterocycles. The zero-order valence-corrected chi connectivity index (χ0v) is 13.6. The van der Waals surface area contributed by atoms with E-state index in [1.54, 1.807) is 0 Å². The van der Waals surface area contributed by atoms with Crippen molar-refractivity contribution in [3.05, 3.63) is 0 Å². The molecule has 2 aliphatic heterocycles. The normalized spacial score (nSPS) is 39.1. The van der Waals surface area contributed by atoms with Gasteiger partial charge < -0.3 is 10.2 Å². The van der Waals surface area contributed by atoms with Gasteiger partial charge in [-0.3, -0.25) is 4.90 Å². The molecule has 3 nitrogen and oxygen atoms in total. The fourth-order valence-electron chi connectivity index (χ4n) is 4.25. The zero-order valence-electron chi connectivity index (χ0n) is 12.8. The van der Waals surface area contributed by atoms with E-state index in [2.05, 4.69) is 22.0 Å². The van der Waals surface area contributed by atoms with Crippen LogP contribution >= 0.6 is 12.4 Å². The number of likely N-dealkylation sites (tertiary alicyclic amines) is 2. The minimum atomic E-state index is 0. The second-order valence-electron chi connectivity index (χ2n) is 7.50. The highest BCUT2D eigenvalue weighted by Crippen LogP contribution is 2.34. The van der Waals surface area contributed by atoms with E-state index in [9.17, 15) is 0 Å². The smallest absolute Gasteiger partial charge is 0.0210 e. The maximum atomic E-state index is 3.88. The Morgan fingerprint density at radius 1 is 1.00 bits per heavy atom. The average Bonchev–Trinajstić information content (AvgIpc) is 3.33. The number of nitrogens with zero attached hydrogens (tertiary/aromatic N) is 2. The first kappa shape index (κ1) is 15.1. The van der Waals surface area contributed by atoms with E-state index in [1.807, 2.05) is 0 Å². The highest BCUT2D eigenvalue weighted by atomic mass is 35.5. The van der Waals surface area contributed by atoms with Crippen LogP contribution in [0.5, 0.6) is 0 Å². The van der Waals surface area contributed by atoms with Crippen LogP contribution < -0.4 is 5.32 Å². The average molecular weight is 300 g/mol. The van der Waals surface area contributed by atoms with Gasteiger partial charge in [-0.05, 0) is 64.5 Å². The van der Waals surface area contributed by atoms with E-state index >= 15 is 0 Å². The Morgan fingerprint density at radius 3 is 2.45 bits per heavy atom. The number of hydrogen-bond acceptors (Lipinski definition) is 3. The third-order valence-corrected chi connectivity index (χ3v) is 5.71. The Bertz CT molecular complexity index is 330. The van der Waals surface area contributed by atoms with E-state index in [-0.39, 0.29) is 12.4 Å². The molecule has 3 atom stereocenters. The lowest BCUT2D eigenvalue weighted by atomic mass is 10.1. The van der Waals surface area contributed by atoms with Gasteiger partial charge in [-0.25, -0.2) is 0 Å². The molecule has 0 amide bonds. The Balaban J connectivity index is 0.00000121. The summed E-state index contributed by atoms with van der Waals surface area (Å²) in [5.41, 5.74) is 0. The lowest BCUT2D eigenvalue weighted by Gasteiger charge is -2.20. The van der Waals surface area contributed by atoms with Crippen LogP contribution in [0.1, 0.15) is 45.4 Å². The molecule has 1 N–H and O–H groups in total. The molecule has 2 aliphatic carbocycles. The molecule has 20 heavy (non-hydrogen) atoms. The summed E-state index contributed by atoms with van der Waals surface area (Å²) in [6, 6.07) is 3.50. The first-order valence-electron chi connectivity index (χ1n) is 8.53. The molecule has 2 heterocycles. The number of hydrogen-bond donors (Lipinski definition) is 1. The van der Waals surface area contributed by atoms with Crippen molar-refractivity contribution in [1.29, 1.82) is 0 Å². The third-order valence-electron chi connectivity index (χ3n) is 5.71. The van der Waals surface area contributed by atoms with Crippen LogP contribution in [-0.4, -0.2) is 60.1 Å². The Morgan fingerprint density at radius 2 is 1.75 bits per heavy atom. The summed E-state index contributed by atoms with van der Waals surface area (Å²) in [7, 11) is 0. The molecule has 0 radical (unpaired) electrons. The molecular weight excluding hydrogens is 270 g/mol. The third kappa shape index (κ3) is 3.32. The van der Waals surface area contributed by atoms with Gasteiger partial charge in [0.2, 0.25) is 0 Å². The van der Waals surface area contributed by atoms with E-state index < -0.39 is 0 Å². The summed E-state index contributed by atoms with van der Waals surface area (Å²) < 4.78 is 0. The SMILES string of the molecule is CC1CC(NCC2CCN(C3CC3)C2)CN1C1CC1.Cl. The maximum absolute atomic E-state index is 3.88. The highest BCUT2D eigenvalue weighted by molar-refractivity contribution is 5.85. The van der Waals surface area contributed by atoms with Gasteiger partial charge in [-0.2, -0.15) is 0 Å². The van der Waals surface area contributed by atoms with Gasteiger partial charge in [-0.15, -0.1) is 12.4 Å². The van der Waals surface area contributed by atoms with Crippen molar-refractivity contribution in [1.82, 2.24) is 15.1 Å². The first-order valence-corrected chi connectivity index (χ1v) is 8.53. The van der Waals surface area contributed by atoms with E-state index in [0.29, 0.717) is 0 Å². The van der Waals surface area contributed by atoms with E-state index in [1.165, 1.54) is 64.7 Å². The molecule has 3 unspecified atom stereocenters. The van der Waals surface area contributed by atoms with Crippen molar-refractivity contribution in [3.63, 3.8) is 0 Å². The minimum absolute atomic E-state index is 0. The molecule has 2 saturated carbocycles. The molecule has 0 aromatic rings. The molecular formula is C16H30ClN3. The standard InChI is InChI=1S/C16H29N3.ClH/c1-12-8-14(11-19(12)16-4-5-16)17-9-13-6-7-18(10-13)15-2-3-15;/h12-17H,2-11H2,1H3;1H. The van der Waals surface area contributed by atoms with Gasteiger partial charge in [0.05, 0.1) is 0 Å². The van der Waals surface area contributed by atoms with Gasteiger partial charge >= 0.3 is 0 Å². The fraction of sp³-hybridized carbons (Fsp3) is 1.00. The summed E-state index contributed by atoms with van der Waals surface area (Å²) in [5, 5.41) is 3.88. The Labute approximate surface area is 129 Å². The predicted octanol–water partition coefficient (Wildman–Crippen LogP) is 2.11. The summed E-state index contributed by atoms with van der Waals surface area (Å²) in [5.74, 6) is 0.922. The summed E-state index contributed by atoms with van der Waals surface area (Å²) >= 11 is 0. The molecule has 0 spiro atoms. The lowest BCUT2D eigenvalue weighted by molar-refractivity contribution is 0.254. The molecule has 0 bridgehead atoms. The second kappa shape index (κ2) is 6.12. The number of rotatable bonds is 5. The molecule has 0 aromatic heterocycles. The largest absolute Gasteiger partial charge is 0.312 e. The van der Waals surface area contributed by atoms with Crippen LogP contribution in [0.3, 0.4) is 0 Å². The monoisotopic (exact) mass is 299 g/mol. The summed E-state index contributed by atoms with van der Waals surface area (Å²) in [6.45, 7) is 7.73. The zero-order chi connectivity index (χ0) is 12.8. The quantitative estimate of drug-likeness (QED) is 0.839. The number of nitrogens with one attached hydrogen (secondary N) is 1. The van der Waals surface area contributed by atoms with Gasteiger partial charge in [0.15, 0.2) is 0 Å². The summed E-state index contributed by atoms with van der Waals surface area (Å²) in [6.07, 6.45) is 8.65. The van der Waals surface area contributed by atoms with Crippen molar-refractivity contribution in [2.24, 2.45) is 5.92 Å². The van der Waals surface area contributed by atoms with Gasteiger partial charge in [0.25, 0.3) is 0 Å². The molecule has 116 valence electrons. The van der Waals surface area contributed by atoms with Crippen LogP contribution in [0, 0.1) is 5.92 Å². The molecule has 4 rings (SSSR count). The van der Waals surface area contributed by atoms with Crippen molar-refractivity contribution in [2.75, 3.05) is 26.2 Å². The topological polar surface area (TPSA) is 18.5 Å².